The molecule has 1 aliphatic heterocycles. The van der Waals surface area contributed by atoms with Gasteiger partial charge in [-0.3, -0.25) is 0 Å². The molecule has 8 heteroatoms. The van der Waals surface area contributed by atoms with Gasteiger partial charge in [0.05, 0.1) is 26.2 Å². The van der Waals surface area contributed by atoms with Gasteiger partial charge in [-0.15, -0.1) is 0 Å². The highest BCUT2D eigenvalue weighted by atomic mass is 32.2. The molecule has 0 aromatic heterocycles. The van der Waals surface area contributed by atoms with Gasteiger partial charge in [0, 0.05) is 12.8 Å². The lowest BCUT2D eigenvalue weighted by atomic mass is 10.1. The first-order chi connectivity index (χ1) is 11.6. The molecule has 0 amide bonds. The Morgan fingerprint density at radius 2 is 1.20 bits per heavy atom. The van der Waals surface area contributed by atoms with Gasteiger partial charge >= 0.3 is 5.51 Å². The fourth-order valence-corrected chi connectivity index (χ4v) is 3.31. The second-order valence-corrected chi connectivity index (χ2v) is 8.34. The van der Waals surface area contributed by atoms with Gasteiger partial charge in [0.2, 0.25) is 0 Å². The molecule has 0 radical (unpaired) electrons. The molecule has 1 rings (SSSR count). The number of unbranched alkanes of at least 4 members (excludes halogenated alkanes) is 6. The van der Waals surface area contributed by atoms with Crippen LogP contribution < -0.4 is 0 Å². The van der Waals surface area contributed by atoms with E-state index in [-0.39, 0.29) is 0 Å². The van der Waals surface area contributed by atoms with Crippen LogP contribution in [-0.4, -0.2) is 49.1 Å². The van der Waals surface area contributed by atoms with Crippen LogP contribution in [0.15, 0.2) is 0 Å². The van der Waals surface area contributed by atoms with Gasteiger partial charge in [-0.2, -0.15) is 13.2 Å². The Balaban J connectivity index is 0.000000609. The monoisotopic (exact) mass is 389 g/mol. The zero-order valence-electron chi connectivity index (χ0n) is 15.6. The summed E-state index contributed by atoms with van der Waals surface area (Å²) in [5.41, 5.74) is -5.65. The van der Waals surface area contributed by atoms with Crippen LogP contribution in [0, 0.1) is 0 Å². The number of hydrogen-bond acceptors (Lipinski definition) is 3. The van der Waals surface area contributed by atoms with Gasteiger partial charge in [0.1, 0.15) is 0 Å². The molecule has 4 nitrogen and oxygen atoms in total. The van der Waals surface area contributed by atoms with Gasteiger partial charge < -0.3 is 9.04 Å². The topological polar surface area (TPSA) is 57.2 Å². The van der Waals surface area contributed by atoms with E-state index < -0.39 is 15.6 Å². The number of hydrogen-bond donors (Lipinski definition) is 0. The molecule has 0 aromatic rings. The minimum Gasteiger partial charge on any atom is -0.741 e. The van der Waals surface area contributed by atoms with Crippen molar-refractivity contribution in [3.8, 4) is 0 Å². The second-order valence-electron chi connectivity index (χ2n) is 6.96. The van der Waals surface area contributed by atoms with Gasteiger partial charge in [-0.05, 0) is 25.7 Å². The van der Waals surface area contributed by atoms with Crippen molar-refractivity contribution in [3.63, 3.8) is 0 Å². The maximum Gasteiger partial charge on any atom is 0.485 e. The van der Waals surface area contributed by atoms with Crippen molar-refractivity contribution in [2.75, 3.05) is 26.2 Å². The third kappa shape index (κ3) is 11.1. The average molecular weight is 390 g/mol. The second kappa shape index (κ2) is 12.1. The fraction of sp³-hybridized carbons (Fsp3) is 1.00. The Morgan fingerprint density at radius 1 is 0.840 bits per heavy atom. The molecule has 0 N–H and O–H groups in total. The molecule has 1 fully saturated rings. The van der Waals surface area contributed by atoms with Crippen LogP contribution in [-0.2, 0) is 10.1 Å². The highest BCUT2D eigenvalue weighted by Gasteiger charge is 2.37. The van der Waals surface area contributed by atoms with E-state index in [1.165, 1.54) is 94.9 Å². The molecule has 0 saturated carbocycles. The minimum atomic E-state index is -6.09. The number of rotatable bonds is 10. The summed E-state index contributed by atoms with van der Waals surface area (Å²) in [6, 6.07) is 0. The predicted molar refractivity (Wildman–Crippen MR) is 93.0 cm³/mol. The largest absolute Gasteiger partial charge is 0.741 e. The lowest BCUT2D eigenvalue weighted by Crippen LogP contribution is -2.46. The SMILES string of the molecule is CCCCCCC[N+]1(CCCCC)CCCC1.O=S(=O)([O-])C(F)(F)F. The first-order valence-electron chi connectivity index (χ1n) is 9.45. The average Bonchev–Trinajstić information content (AvgIpc) is 2.95. The van der Waals surface area contributed by atoms with Crippen LogP contribution in [0.3, 0.4) is 0 Å². The van der Waals surface area contributed by atoms with Crippen molar-refractivity contribution in [3.05, 3.63) is 0 Å². The fourth-order valence-electron chi connectivity index (χ4n) is 3.31. The Bertz CT molecular complexity index is 433. The number of nitrogens with zero attached hydrogens (tertiary/aromatic N) is 1. The molecular weight excluding hydrogens is 355 g/mol. The summed E-state index contributed by atoms with van der Waals surface area (Å²) in [6.45, 7) is 10.5. The normalized spacial score (nSPS) is 17.2. The number of halogens is 3. The highest BCUT2D eigenvalue weighted by molar-refractivity contribution is 7.86. The van der Waals surface area contributed by atoms with E-state index in [0.29, 0.717) is 0 Å². The molecule has 25 heavy (non-hydrogen) atoms. The molecule has 0 aliphatic carbocycles. The molecule has 0 bridgehead atoms. The summed E-state index contributed by atoms with van der Waals surface area (Å²) in [5, 5.41) is 0. The predicted octanol–water partition coefficient (Wildman–Crippen LogP) is 4.81. The standard InChI is InChI=1S/C16H34N.CHF3O3S/c1-3-5-7-8-10-14-17(13-9-6-4-2)15-11-12-16-17;2-1(3,4)8(5,6)7/h3-16H2,1-2H3;(H,5,6,7)/q+1;/p-1. The van der Waals surface area contributed by atoms with E-state index in [4.69, 9.17) is 13.0 Å². The summed E-state index contributed by atoms with van der Waals surface area (Å²) in [4.78, 5) is 0. The van der Waals surface area contributed by atoms with E-state index in [2.05, 4.69) is 13.8 Å². The van der Waals surface area contributed by atoms with E-state index in [1.54, 1.807) is 0 Å². The molecular formula is C17H34F3NO3S. The van der Waals surface area contributed by atoms with Gasteiger partial charge in [-0.25, -0.2) is 8.42 Å². The van der Waals surface area contributed by atoms with Crippen molar-refractivity contribution < 1.29 is 30.6 Å². The van der Waals surface area contributed by atoms with Crippen molar-refractivity contribution in [1.29, 1.82) is 0 Å². The summed E-state index contributed by atoms with van der Waals surface area (Å²) >= 11 is 0. The highest BCUT2D eigenvalue weighted by Crippen LogP contribution is 2.22. The Hall–Kier alpha value is -0.340. The van der Waals surface area contributed by atoms with Crippen LogP contribution in [0.5, 0.6) is 0 Å². The molecule has 0 spiro atoms. The Labute approximate surface area is 151 Å². The molecule has 0 atom stereocenters. The van der Waals surface area contributed by atoms with E-state index in [9.17, 15) is 13.2 Å². The first kappa shape index (κ1) is 24.7. The first-order valence-corrected chi connectivity index (χ1v) is 10.9. The van der Waals surface area contributed by atoms with Crippen LogP contribution in [0.1, 0.15) is 78.1 Å². The summed E-state index contributed by atoms with van der Waals surface area (Å²) in [6.07, 6.45) is 14.5. The quantitative estimate of drug-likeness (QED) is 0.233. The number of quaternary nitrogens is 1. The van der Waals surface area contributed by atoms with Crippen LogP contribution in [0.4, 0.5) is 13.2 Å². The zero-order chi connectivity index (χ0) is 19.4. The molecule has 0 aromatic carbocycles. The zero-order valence-corrected chi connectivity index (χ0v) is 16.4. The molecule has 1 heterocycles. The van der Waals surface area contributed by atoms with Crippen molar-refractivity contribution in [1.82, 2.24) is 0 Å². The summed E-state index contributed by atoms with van der Waals surface area (Å²) in [7, 11) is -6.09. The Morgan fingerprint density at radius 3 is 1.60 bits per heavy atom. The van der Waals surface area contributed by atoms with E-state index in [0.717, 1.165) is 0 Å². The van der Waals surface area contributed by atoms with Crippen LogP contribution in [0.25, 0.3) is 0 Å². The third-order valence-corrected chi connectivity index (χ3v) is 5.34. The smallest absolute Gasteiger partial charge is 0.485 e. The maximum absolute atomic E-state index is 10.7. The van der Waals surface area contributed by atoms with Gasteiger partial charge in [0.15, 0.2) is 10.1 Å². The van der Waals surface area contributed by atoms with Crippen molar-refractivity contribution >= 4 is 10.1 Å². The molecule has 1 aliphatic rings. The van der Waals surface area contributed by atoms with Crippen molar-refractivity contribution in [2.45, 2.75) is 83.6 Å². The molecule has 0 unspecified atom stereocenters. The molecule has 152 valence electrons. The van der Waals surface area contributed by atoms with Crippen LogP contribution >= 0.6 is 0 Å². The van der Waals surface area contributed by atoms with E-state index in [1.807, 2.05) is 0 Å². The summed E-state index contributed by atoms with van der Waals surface area (Å²) < 4.78 is 60.4. The number of alkyl halides is 3. The molecule has 1 saturated heterocycles. The van der Waals surface area contributed by atoms with Crippen molar-refractivity contribution in [2.24, 2.45) is 0 Å². The Kier molecular flexibility index (Phi) is 12.0. The lowest BCUT2D eigenvalue weighted by Gasteiger charge is -2.34. The van der Waals surface area contributed by atoms with Crippen LogP contribution in [0.2, 0.25) is 0 Å². The minimum absolute atomic E-state index is 1.37. The third-order valence-electron chi connectivity index (χ3n) is 4.77. The summed E-state index contributed by atoms with van der Waals surface area (Å²) in [5.74, 6) is 0. The lowest BCUT2D eigenvalue weighted by molar-refractivity contribution is -0.917. The van der Waals surface area contributed by atoms with E-state index >= 15 is 0 Å². The number of likely N-dealkylation sites (tertiary alicyclic amines) is 1. The van der Waals surface area contributed by atoms with Gasteiger partial charge in [-0.1, -0.05) is 39.5 Å². The maximum atomic E-state index is 10.7. The van der Waals surface area contributed by atoms with Gasteiger partial charge in [0.25, 0.3) is 0 Å².